The van der Waals surface area contributed by atoms with E-state index < -0.39 is 0 Å². The minimum Gasteiger partial charge on any atom is -0.333 e. The zero-order valence-electron chi connectivity index (χ0n) is 12.4. The number of hydrogen-bond donors (Lipinski definition) is 1. The van der Waals surface area contributed by atoms with E-state index >= 15 is 0 Å². The van der Waals surface area contributed by atoms with Crippen LogP contribution in [0.15, 0.2) is 58.6 Å². The molecule has 0 radical (unpaired) electrons. The minimum absolute atomic E-state index is 0.912. The molecule has 0 atom stereocenters. The highest BCUT2D eigenvalue weighted by molar-refractivity contribution is 7.99. The molecule has 4 aromatic rings. The number of benzene rings is 2. The van der Waals surface area contributed by atoms with Crippen LogP contribution in [0.25, 0.3) is 21.9 Å². The Morgan fingerprint density at radius 1 is 0.909 bits per heavy atom. The predicted octanol–water partition coefficient (Wildman–Crippen LogP) is 4.88. The molecule has 4 rings (SSSR count). The summed E-state index contributed by atoms with van der Waals surface area (Å²) < 4.78 is 0. The van der Waals surface area contributed by atoms with E-state index in [1.165, 1.54) is 15.8 Å². The van der Waals surface area contributed by atoms with Gasteiger partial charge in [0.05, 0.1) is 16.6 Å². The number of fused-ring (bicyclic) bond motifs is 2. The first kappa shape index (κ1) is 13.3. The van der Waals surface area contributed by atoms with Crippen molar-refractivity contribution < 1.29 is 0 Å². The maximum atomic E-state index is 4.65. The topological polar surface area (TPSA) is 41.6 Å². The Balaban J connectivity index is 1.84. The number of aromatic nitrogens is 3. The molecule has 0 fully saturated rings. The highest BCUT2D eigenvalue weighted by atomic mass is 32.2. The van der Waals surface area contributed by atoms with E-state index in [1.807, 2.05) is 31.2 Å². The van der Waals surface area contributed by atoms with Gasteiger partial charge >= 0.3 is 0 Å². The zero-order chi connectivity index (χ0) is 15.1. The maximum Gasteiger partial charge on any atom is 0.171 e. The molecule has 4 heteroatoms. The molecule has 0 aliphatic heterocycles. The lowest BCUT2D eigenvalue weighted by Crippen LogP contribution is -1.88. The summed E-state index contributed by atoms with van der Waals surface area (Å²) in [7, 11) is 0. The fourth-order valence-electron chi connectivity index (χ4n) is 2.60. The molecule has 0 amide bonds. The molecule has 0 saturated heterocycles. The first-order valence-electron chi connectivity index (χ1n) is 7.20. The molecular weight excluding hydrogens is 290 g/mol. The van der Waals surface area contributed by atoms with Crippen LogP contribution in [-0.4, -0.2) is 15.0 Å². The molecule has 0 spiro atoms. The minimum atomic E-state index is 0.912. The van der Waals surface area contributed by atoms with E-state index in [4.69, 9.17) is 0 Å². The van der Waals surface area contributed by atoms with E-state index in [9.17, 15) is 0 Å². The number of nitrogens with zero attached hydrogens (tertiary/aromatic N) is 2. The maximum absolute atomic E-state index is 4.65. The average Bonchev–Trinajstić information content (AvgIpc) is 2.90. The Labute approximate surface area is 132 Å². The van der Waals surface area contributed by atoms with Crippen molar-refractivity contribution in [3.05, 3.63) is 59.8 Å². The Kier molecular flexibility index (Phi) is 3.12. The Bertz CT molecular complexity index is 955. The van der Waals surface area contributed by atoms with Crippen LogP contribution < -0.4 is 0 Å². The summed E-state index contributed by atoms with van der Waals surface area (Å²) in [5.74, 6) is 0. The first-order valence-corrected chi connectivity index (χ1v) is 8.01. The van der Waals surface area contributed by atoms with Crippen molar-refractivity contribution in [2.24, 2.45) is 0 Å². The standard InChI is InChI=1S/C18H15N3S/c1-11-7-8-14-13(9-11)17(10-12(2)19-14)22-18-20-15-5-3-4-6-16(15)21-18/h3-10H,1-2H3,(H,20,21). The van der Waals surface area contributed by atoms with Crippen molar-refractivity contribution in [3.8, 4) is 0 Å². The predicted molar refractivity (Wildman–Crippen MR) is 91.4 cm³/mol. The SMILES string of the molecule is Cc1ccc2nc(C)cc(Sc3nc4ccccc4[nH]3)c2c1. The third kappa shape index (κ3) is 2.35. The highest BCUT2D eigenvalue weighted by Gasteiger charge is 2.09. The smallest absolute Gasteiger partial charge is 0.171 e. The molecule has 22 heavy (non-hydrogen) atoms. The molecule has 2 aromatic heterocycles. The van der Waals surface area contributed by atoms with Gasteiger partial charge in [-0.3, -0.25) is 4.98 Å². The number of imidazole rings is 1. The molecule has 108 valence electrons. The molecule has 2 heterocycles. The van der Waals surface area contributed by atoms with E-state index in [0.29, 0.717) is 0 Å². The average molecular weight is 305 g/mol. The van der Waals surface area contributed by atoms with Crippen LogP contribution >= 0.6 is 11.8 Å². The van der Waals surface area contributed by atoms with Crippen molar-refractivity contribution in [1.82, 2.24) is 15.0 Å². The summed E-state index contributed by atoms with van der Waals surface area (Å²) in [5, 5.41) is 2.09. The summed E-state index contributed by atoms with van der Waals surface area (Å²) in [5.41, 5.74) is 5.36. The second-order valence-corrected chi connectivity index (χ2v) is 6.47. The van der Waals surface area contributed by atoms with Gasteiger partial charge in [-0.1, -0.05) is 35.5 Å². The number of hydrogen-bond acceptors (Lipinski definition) is 3. The van der Waals surface area contributed by atoms with Crippen molar-refractivity contribution in [3.63, 3.8) is 0 Å². The number of pyridine rings is 1. The number of para-hydroxylation sites is 2. The van der Waals surface area contributed by atoms with Gasteiger partial charge in [0.25, 0.3) is 0 Å². The van der Waals surface area contributed by atoms with Gasteiger partial charge in [-0.15, -0.1) is 0 Å². The molecular formula is C18H15N3S. The molecule has 3 nitrogen and oxygen atoms in total. The van der Waals surface area contributed by atoms with Crippen LogP contribution in [0, 0.1) is 13.8 Å². The number of aromatic amines is 1. The van der Waals surface area contributed by atoms with Crippen LogP contribution in [0.3, 0.4) is 0 Å². The van der Waals surface area contributed by atoms with Crippen LogP contribution in [0.4, 0.5) is 0 Å². The van der Waals surface area contributed by atoms with Gasteiger partial charge in [0.15, 0.2) is 5.16 Å². The van der Waals surface area contributed by atoms with Crippen LogP contribution in [-0.2, 0) is 0 Å². The highest BCUT2D eigenvalue weighted by Crippen LogP contribution is 2.33. The monoisotopic (exact) mass is 305 g/mol. The van der Waals surface area contributed by atoms with E-state index in [-0.39, 0.29) is 0 Å². The third-order valence-electron chi connectivity index (χ3n) is 3.63. The number of rotatable bonds is 2. The van der Waals surface area contributed by atoms with Crippen LogP contribution in [0.2, 0.25) is 0 Å². The molecule has 0 bridgehead atoms. The van der Waals surface area contributed by atoms with Gasteiger partial charge in [0.2, 0.25) is 0 Å². The first-order chi connectivity index (χ1) is 10.7. The van der Waals surface area contributed by atoms with Crippen molar-refractivity contribution in [2.75, 3.05) is 0 Å². The number of H-pyrrole nitrogens is 1. The van der Waals surface area contributed by atoms with E-state index in [2.05, 4.69) is 46.1 Å². The second-order valence-electron chi connectivity index (χ2n) is 5.44. The lowest BCUT2D eigenvalue weighted by molar-refractivity contribution is 1.08. The van der Waals surface area contributed by atoms with E-state index in [1.54, 1.807) is 11.8 Å². The van der Waals surface area contributed by atoms with Crippen molar-refractivity contribution >= 4 is 33.7 Å². The molecule has 1 N–H and O–H groups in total. The van der Waals surface area contributed by atoms with Gasteiger partial charge in [-0.25, -0.2) is 4.98 Å². The quantitative estimate of drug-likeness (QED) is 0.574. The lowest BCUT2D eigenvalue weighted by Gasteiger charge is -2.07. The summed E-state index contributed by atoms with van der Waals surface area (Å²) >= 11 is 1.66. The fourth-order valence-corrected chi connectivity index (χ4v) is 3.62. The second kappa shape index (κ2) is 5.14. The summed E-state index contributed by atoms with van der Waals surface area (Å²) in [6.07, 6.45) is 0. The van der Waals surface area contributed by atoms with Gasteiger partial charge in [0.1, 0.15) is 0 Å². The summed E-state index contributed by atoms with van der Waals surface area (Å²) in [4.78, 5) is 13.8. The normalized spacial score (nSPS) is 11.4. The van der Waals surface area contributed by atoms with Gasteiger partial charge < -0.3 is 4.98 Å². The third-order valence-corrected chi connectivity index (χ3v) is 4.57. The van der Waals surface area contributed by atoms with Gasteiger partial charge in [-0.05, 0) is 44.2 Å². The van der Waals surface area contributed by atoms with Crippen LogP contribution in [0.5, 0.6) is 0 Å². The summed E-state index contributed by atoms with van der Waals surface area (Å²) in [6.45, 7) is 4.14. The van der Waals surface area contributed by atoms with Gasteiger partial charge in [-0.2, -0.15) is 0 Å². The fraction of sp³-hybridized carbons (Fsp3) is 0.111. The largest absolute Gasteiger partial charge is 0.333 e. The van der Waals surface area contributed by atoms with Gasteiger partial charge in [0, 0.05) is 16.0 Å². The Morgan fingerprint density at radius 3 is 2.64 bits per heavy atom. The lowest BCUT2D eigenvalue weighted by atomic mass is 10.1. The summed E-state index contributed by atoms with van der Waals surface area (Å²) in [6, 6.07) is 16.6. The Morgan fingerprint density at radius 2 is 1.77 bits per heavy atom. The zero-order valence-corrected chi connectivity index (χ0v) is 13.2. The molecule has 0 saturated carbocycles. The molecule has 0 unspecified atom stereocenters. The van der Waals surface area contributed by atoms with E-state index in [0.717, 1.165) is 27.4 Å². The number of nitrogens with one attached hydrogen (secondary N) is 1. The number of aryl methyl sites for hydroxylation is 2. The van der Waals surface area contributed by atoms with Crippen molar-refractivity contribution in [2.45, 2.75) is 23.9 Å². The van der Waals surface area contributed by atoms with Crippen molar-refractivity contribution in [1.29, 1.82) is 0 Å². The molecule has 0 aliphatic rings. The van der Waals surface area contributed by atoms with Crippen LogP contribution in [0.1, 0.15) is 11.3 Å². The molecule has 0 aliphatic carbocycles. The molecule has 2 aromatic carbocycles. The Hall–Kier alpha value is -2.33.